The Labute approximate surface area is 87.6 Å². The fraction of sp³-hybridized carbons (Fsp3) is 0.455. The molecule has 1 N–H and O–H groups in total. The molecule has 3 rings (SSSR count). The molecule has 0 aromatic rings. The van der Waals surface area contributed by atoms with Gasteiger partial charge < -0.3 is 10.2 Å². The first-order valence-corrected chi connectivity index (χ1v) is 5.25. The van der Waals surface area contributed by atoms with Crippen molar-refractivity contribution in [3.63, 3.8) is 0 Å². The molecular formula is C11H12N2O2. The molecule has 2 fully saturated rings. The second-order valence-electron chi connectivity index (χ2n) is 4.16. The van der Waals surface area contributed by atoms with E-state index in [1.165, 1.54) is 0 Å². The Balaban J connectivity index is 1.98. The summed E-state index contributed by atoms with van der Waals surface area (Å²) in [5, 5.41) is 2.85. The summed E-state index contributed by atoms with van der Waals surface area (Å²) >= 11 is 0. The van der Waals surface area contributed by atoms with E-state index < -0.39 is 0 Å². The zero-order valence-electron chi connectivity index (χ0n) is 8.27. The molecule has 0 saturated carbocycles. The highest BCUT2D eigenvalue weighted by molar-refractivity contribution is 5.95. The molecule has 2 aliphatic heterocycles. The van der Waals surface area contributed by atoms with Gasteiger partial charge in [0.15, 0.2) is 0 Å². The number of hydrogen-bond donors (Lipinski definition) is 1. The van der Waals surface area contributed by atoms with E-state index >= 15 is 0 Å². The number of carbonyl (C=O) groups is 2. The van der Waals surface area contributed by atoms with E-state index in [1.54, 1.807) is 4.90 Å². The smallest absolute Gasteiger partial charge is 0.247 e. The number of fused-ring (bicyclic) bond motifs is 2. The summed E-state index contributed by atoms with van der Waals surface area (Å²) in [7, 11) is 0. The van der Waals surface area contributed by atoms with Gasteiger partial charge >= 0.3 is 0 Å². The predicted molar refractivity (Wildman–Crippen MR) is 53.6 cm³/mol. The first kappa shape index (κ1) is 8.71. The monoisotopic (exact) mass is 204 g/mol. The van der Waals surface area contributed by atoms with Gasteiger partial charge in [-0.3, -0.25) is 9.59 Å². The van der Waals surface area contributed by atoms with E-state index in [9.17, 15) is 9.59 Å². The van der Waals surface area contributed by atoms with Gasteiger partial charge in [-0.15, -0.1) is 0 Å². The highest BCUT2D eigenvalue weighted by Crippen LogP contribution is 2.30. The number of allylic oxidation sites excluding steroid dienone is 3. The molecule has 2 amide bonds. The Kier molecular flexibility index (Phi) is 1.71. The van der Waals surface area contributed by atoms with Crippen LogP contribution in [0.5, 0.6) is 0 Å². The Hall–Kier alpha value is -1.58. The van der Waals surface area contributed by atoms with Crippen LogP contribution in [0.15, 0.2) is 23.9 Å². The quantitative estimate of drug-likeness (QED) is 0.611. The van der Waals surface area contributed by atoms with Gasteiger partial charge in [0.2, 0.25) is 11.8 Å². The lowest BCUT2D eigenvalue weighted by molar-refractivity contribution is -0.146. The molecule has 2 saturated heterocycles. The van der Waals surface area contributed by atoms with E-state index in [0.717, 1.165) is 18.7 Å². The molecule has 0 aromatic heterocycles. The number of nitrogens with one attached hydrogen (secondary N) is 1. The number of nitrogens with zero attached hydrogens (tertiary/aromatic N) is 1. The van der Waals surface area contributed by atoms with Crippen LogP contribution in [0.2, 0.25) is 0 Å². The SMILES string of the molecule is O=C1NC2=CC=CCC2C(=O)N2CC[C@@H]12. The molecule has 1 unspecified atom stereocenters. The summed E-state index contributed by atoms with van der Waals surface area (Å²) < 4.78 is 0. The molecule has 3 aliphatic rings. The Morgan fingerprint density at radius 1 is 1.40 bits per heavy atom. The normalized spacial score (nSPS) is 33.3. The topological polar surface area (TPSA) is 49.4 Å². The van der Waals surface area contributed by atoms with Crippen LogP contribution in [-0.4, -0.2) is 29.3 Å². The minimum atomic E-state index is -0.219. The minimum Gasteiger partial charge on any atom is -0.330 e. The lowest BCUT2D eigenvalue weighted by Crippen LogP contribution is -2.56. The van der Waals surface area contributed by atoms with Crippen molar-refractivity contribution in [1.82, 2.24) is 10.2 Å². The summed E-state index contributed by atoms with van der Waals surface area (Å²) in [6, 6.07) is -0.219. The summed E-state index contributed by atoms with van der Waals surface area (Å²) in [5.74, 6) is -0.0944. The molecule has 2 atom stereocenters. The maximum Gasteiger partial charge on any atom is 0.247 e. The van der Waals surface area contributed by atoms with Gasteiger partial charge in [-0.25, -0.2) is 0 Å². The molecule has 0 radical (unpaired) electrons. The van der Waals surface area contributed by atoms with Crippen LogP contribution in [0.1, 0.15) is 12.8 Å². The van der Waals surface area contributed by atoms with Gasteiger partial charge in [0.05, 0.1) is 5.92 Å². The van der Waals surface area contributed by atoms with Crippen molar-refractivity contribution >= 4 is 11.8 Å². The van der Waals surface area contributed by atoms with Gasteiger partial charge in [0.25, 0.3) is 0 Å². The van der Waals surface area contributed by atoms with Crippen molar-refractivity contribution in [3.8, 4) is 0 Å². The third-order valence-electron chi connectivity index (χ3n) is 3.33. The Morgan fingerprint density at radius 3 is 3.00 bits per heavy atom. The summed E-state index contributed by atoms with van der Waals surface area (Å²) in [6.45, 7) is 0.727. The third-order valence-corrected chi connectivity index (χ3v) is 3.33. The molecule has 1 aliphatic carbocycles. The van der Waals surface area contributed by atoms with E-state index in [0.29, 0.717) is 6.42 Å². The van der Waals surface area contributed by atoms with Crippen molar-refractivity contribution in [2.24, 2.45) is 5.92 Å². The van der Waals surface area contributed by atoms with Gasteiger partial charge in [-0.05, 0) is 18.9 Å². The van der Waals surface area contributed by atoms with Crippen molar-refractivity contribution in [2.45, 2.75) is 18.9 Å². The van der Waals surface area contributed by atoms with Gasteiger partial charge in [0, 0.05) is 12.2 Å². The number of amides is 2. The van der Waals surface area contributed by atoms with E-state index in [-0.39, 0.29) is 23.8 Å². The molecule has 15 heavy (non-hydrogen) atoms. The fourth-order valence-electron chi connectivity index (χ4n) is 2.34. The zero-order valence-corrected chi connectivity index (χ0v) is 8.27. The molecule has 2 heterocycles. The standard InChI is InChI=1S/C11H12N2O2/c14-10-9-5-6-13(9)11(15)7-3-1-2-4-8(7)12-10/h1-2,4,7,9H,3,5-6H2,(H,12,14)/t7?,9-/m0/s1. The minimum absolute atomic E-state index is 0.0290. The molecule has 0 bridgehead atoms. The van der Waals surface area contributed by atoms with Crippen LogP contribution in [0.4, 0.5) is 0 Å². The zero-order chi connectivity index (χ0) is 10.4. The highest BCUT2D eigenvalue weighted by Gasteiger charge is 2.44. The van der Waals surface area contributed by atoms with Crippen molar-refractivity contribution in [2.75, 3.05) is 6.54 Å². The molecule has 4 nitrogen and oxygen atoms in total. The van der Waals surface area contributed by atoms with Crippen LogP contribution >= 0.6 is 0 Å². The van der Waals surface area contributed by atoms with E-state index in [2.05, 4.69) is 5.32 Å². The van der Waals surface area contributed by atoms with Crippen molar-refractivity contribution < 1.29 is 9.59 Å². The maximum atomic E-state index is 12.0. The van der Waals surface area contributed by atoms with E-state index in [4.69, 9.17) is 0 Å². The van der Waals surface area contributed by atoms with Gasteiger partial charge in [0.1, 0.15) is 6.04 Å². The Bertz CT molecular complexity index is 397. The average molecular weight is 204 g/mol. The van der Waals surface area contributed by atoms with Crippen LogP contribution in [0.3, 0.4) is 0 Å². The largest absolute Gasteiger partial charge is 0.330 e. The van der Waals surface area contributed by atoms with Crippen molar-refractivity contribution in [1.29, 1.82) is 0 Å². The summed E-state index contributed by atoms with van der Waals surface area (Å²) in [5.41, 5.74) is 0.766. The Morgan fingerprint density at radius 2 is 2.27 bits per heavy atom. The first-order valence-electron chi connectivity index (χ1n) is 5.25. The molecule has 0 aromatic carbocycles. The van der Waals surface area contributed by atoms with Crippen LogP contribution in [0, 0.1) is 5.92 Å². The molecule has 4 heteroatoms. The van der Waals surface area contributed by atoms with Crippen LogP contribution in [-0.2, 0) is 9.59 Å². The lowest BCUT2D eigenvalue weighted by Gasteiger charge is -2.38. The second-order valence-corrected chi connectivity index (χ2v) is 4.16. The lowest BCUT2D eigenvalue weighted by atomic mass is 9.94. The molecular weight excluding hydrogens is 192 g/mol. The van der Waals surface area contributed by atoms with Gasteiger partial charge in [-0.1, -0.05) is 12.2 Å². The molecule has 78 valence electrons. The maximum absolute atomic E-state index is 12.0. The number of rotatable bonds is 0. The second kappa shape index (κ2) is 2.95. The highest BCUT2D eigenvalue weighted by atomic mass is 16.2. The fourth-order valence-corrected chi connectivity index (χ4v) is 2.34. The third kappa shape index (κ3) is 1.14. The number of hydrogen-bond acceptors (Lipinski definition) is 2. The summed E-state index contributed by atoms with van der Waals surface area (Å²) in [6.07, 6.45) is 7.19. The first-order chi connectivity index (χ1) is 7.27. The van der Waals surface area contributed by atoms with Crippen LogP contribution < -0.4 is 5.32 Å². The predicted octanol–water partition coefficient (Wildman–Crippen LogP) is 0.177. The van der Waals surface area contributed by atoms with Crippen molar-refractivity contribution in [3.05, 3.63) is 23.9 Å². The van der Waals surface area contributed by atoms with Crippen LogP contribution in [0.25, 0.3) is 0 Å². The van der Waals surface area contributed by atoms with E-state index in [1.807, 2.05) is 18.2 Å². The average Bonchev–Trinajstić information content (AvgIpc) is 2.21. The summed E-state index contributed by atoms with van der Waals surface area (Å²) in [4.78, 5) is 25.4. The van der Waals surface area contributed by atoms with Gasteiger partial charge in [-0.2, -0.15) is 0 Å². The molecule has 0 spiro atoms. The number of carbonyl (C=O) groups excluding carboxylic acids is 2.